The van der Waals surface area contributed by atoms with Gasteiger partial charge in [0.2, 0.25) is 0 Å². The summed E-state index contributed by atoms with van der Waals surface area (Å²) in [5.41, 5.74) is 4.37. The van der Waals surface area contributed by atoms with Gasteiger partial charge in [-0.05, 0) is 60.4 Å². The smallest absolute Gasteiger partial charge is 0.259 e. The molecular weight excluding hydrogens is 355 g/mol. The largest absolute Gasteiger partial charge is 0.496 e. The molecule has 0 atom stereocenters. The van der Waals surface area contributed by atoms with Gasteiger partial charge < -0.3 is 10.1 Å². The van der Waals surface area contributed by atoms with Crippen LogP contribution in [0.15, 0.2) is 54.7 Å². The van der Waals surface area contributed by atoms with E-state index in [1.54, 1.807) is 31.5 Å². The minimum Gasteiger partial charge on any atom is -0.496 e. The topological polar surface area (TPSA) is 51.2 Å². The number of halogens is 1. The van der Waals surface area contributed by atoms with Gasteiger partial charge in [-0.2, -0.15) is 0 Å². The second kappa shape index (κ2) is 8.65. The van der Waals surface area contributed by atoms with Crippen LogP contribution in [0.1, 0.15) is 35.3 Å². The molecule has 4 nitrogen and oxygen atoms in total. The first-order valence-electron chi connectivity index (χ1n) is 9.29. The molecule has 1 N–H and O–H groups in total. The Labute approximate surface area is 164 Å². The fraction of sp³-hybridized carbons (Fsp3) is 0.217. The third kappa shape index (κ3) is 4.03. The van der Waals surface area contributed by atoms with E-state index in [0.717, 1.165) is 29.7 Å². The van der Waals surface area contributed by atoms with Crippen LogP contribution >= 0.6 is 0 Å². The average molecular weight is 378 g/mol. The van der Waals surface area contributed by atoms with Gasteiger partial charge >= 0.3 is 0 Å². The fourth-order valence-corrected chi connectivity index (χ4v) is 3.18. The summed E-state index contributed by atoms with van der Waals surface area (Å²) in [5.74, 6) is 0.0526. The van der Waals surface area contributed by atoms with Crippen LogP contribution in [0.2, 0.25) is 0 Å². The van der Waals surface area contributed by atoms with Gasteiger partial charge in [-0.15, -0.1) is 0 Å². The molecule has 3 aromatic rings. The second-order valence-electron chi connectivity index (χ2n) is 6.39. The first kappa shape index (κ1) is 19.5. The van der Waals surface area contributed by atoms with Gasteiger partial charge in [0.25, 0.3) is 5.91 Å². The summed E-state index contributed by atoms with van der Waals surface area (Å²) in [5, 5.41) is 2.63. The summed E-state index contributed by atoms with van der Waals surface area (Å²) in [6.07, 6.45) is 3.56. The molecule has 0 aliphatic carbocycles. The van der Waals surface area contributed by atoms with Crippen molar-refractivity contribution in [3.63, 3.8) is 0 Å². The summed E-state index contributed by atoms with van der Waals surface area (Å²) in [7, 11) is 1.65. The maximum atomic E-state index is 13.7. The first-order valence-corrected chi connectivity index (χ1v) is 9.29. The van der Waals surface area contributed by atoms with E-state index in [1.165, 1.54) is 23.3 Å². The number of rotatable bonds is 6. The third-order valence-electron chi connectivity index (χ3n) is 4.72. The van der Waals surface area contributed by atoms with Crippen molar-refractivity contribution < 1.29 is 13.9 Å². The molecule has 0 aliphatic heterocycles. The van der Waals surface area contributed by atoms with Gasteiger partial charge in [-0.25, -0.2) is 9.37 Å². The van der Waals surface area contributed by atoms with Crippen molar-refractivity contribution in [2.24, 2.45) is 0 Å². The lowest BCUT2D eigenvalue weighted by atomic mass is 9.96. The molecule has 2 aromatic carbocycles. The third-order valence-corrected chi connectivity index (χ3v) is 4.72. The van der Waals surface area contributed by atoms with Crippen LogP contribution < -0.4 is 10.1 Å². The van der Waals surface area contributed by atoms with Crippen molar-refractivity contribution in [2.75, 3.05) is 12.4 Å². The van der Waals surface area contributed by atoms with Crippen LogP contribution in [0.25, 0.3) is 11.1 Å². The number of amides is 1. The Bertz CT molecular complexity index is 984. The molecule has 144 valence electrons. The number of pyridine rings is 1. The van der Waals surface area contributed by atoms with E-state index >= 15 is 0 Å². The molecule has 0 fully saturated rings. The zero-order chi connectivity index (χ0) is 20.1. The summed E-state index contributed by atoms with van der Waals surface area (Å²) in [6, 6.07) is 13.6. The molecule has 1 aromatic heterocycles. The number of benzene rings is 2. The van der Waals surface area contributed by atoms with E-state index < -0.39 is 11.7 Å². The molecule has 1 amide bonds. The lowest BCUT2D eigenvalue weighted by Gasteiger charge is -2.14. The number of carbonyl (C=O) groups is 1. The molecule has 0 unspecified atom stereocenters. The number of hydrogen-bond acceptors (Lipinski definition) is 3. The predicted octanol–water partition coefficient (Wildman–Crippen LogP) is 5.27. The highest BCUT2D eigenvalue weighted by Gasteiger charge is 2.13. The maximum Gasteiger partial charge on any atom is 0.259 e. The van der Waals surface area contributed by atoms with Gasteiger partial charge in [0.1, 0.15) is 17.4 Å². The normalized spacial score (nSPS) is 10.6. The van der Waals surface area contributed by atoms with E-state index in [1.807, 2.05) is 6.07 Å². The highest BCUT2D eigenvalue weighted by molar-refractivity contribution is 6.04. The Kier molecular flexibility index (Phi) is 6.04. The van der Waals surface area contributed by atoms with Crippen LogP contribution in [0.3, 0.4) is 0 Å². The molecule has 3 rings (SSSR count). The summed E-state index contributed by atoms with van der Waals surface area (Å²) < 4.78 is 19.3. The molecule has 0 aliphatic rings. The number of ether oxygens (including phenoxy) is 1. The Hall–Kier alpha value is -3.21. The van der Waals surface area contributed by atoms with Crippen molar-refractivity contribution in [1.82, 2.24) is 4.98 Å². The molecule has 0 spiro atoms. The fourth-order valence-electron chi connectivity index (χ4n) is 3.18. The van der Waals surface area contributed by atoms with Crippen LogP contribution in [0, 0.1) is 5.82 Å². The molecule has 0 radical (unpaired) electrons. The highest BCUT2D eigenvalue weighted by Crippen LogP contribution is 2.33. The molecule has 0 saturated heterocycles. The minimum absolute atomic E-state index is 0.0159. The SMILES string of the molecule is CCc1cc(OC)c(-c2ccc(NC(=O)c3ccccc3F)nc2)cc1CC. The zero-order valence-electron chi connectivity index (χ0n) is 16.3. The van der Waals surface area contributed by atoms with Gasteiger partial charge in [0.05, 0.1) is 12.7 Å². The van der Waals surface area contributed by atoms with Crippen molar-refractivity contribution >= 4 is 11.7 Å². The second-order valence-corrected chi connectivity index (χ2v) is 6.39. The zero-order valence-corrected chi connectivity index (χ0v) is 16.3. The van der Waals surface area contributed by atoms with Crippen molar-refractivity contribution in [1.29, 1.82) is 0 Å². The quantitative estimate of drug-likeness (QED) is 0.635. The molecule has 0 bridgehead atoms. The monoisotopic (exact) mass is 378 g/mol. The van der Waals surface area contributed by atoms with Crippen molar-refractivity contribution in [3.05, 3.63) is 77.2 Å². The van der Waals surface area contributed by atoms with E-state index in [9.17, 15) is 9.18 Å². The number of aryl methyl sites for hydroxylation is 2. The number of carbonyl (C=O) groups excluding carboxylic acids is 1. The van der Waals surface area contributed by atoms with Crippen LogP contribution in [0.4, 0.5) is 10.2 Å². The maximum absolute atomic E-state index is 13.7. The Morgan fingerprint density at radius 1 is 1.07 bits per heavy atom. The molecular formula is C23H23FN2O2. The molecule has 28 heavy (non-hydrogen) atoms. The number of nitrogens with zero attached hydrogens (tertiary/aromatic N) is 1. The average Bonchev–Trinajstić information content (AvgIpc) is 2.73. The van der Waals surface area contributed by atoms with Crippen molar-refractivity contribution in [3.8, 4) is 16.9 Å². The number of hydrogen-bond donors (Lipinski definition) is 1. The standard InChI is InChI=1S/C23H23FN2O2/c1-4-15-12-19(21(28-3)13-16(15)5-2)17-10-11-22(25-14-17)26-23(27)18-8-6-7-9-20(18)24/h6-14H,4-5H2,1-3H3,(H,25,26,27). The molecule has 5 heteroatoms. The van der Waals surface area contributed by atoms with Gasteiger partial charge in [0.15, 0.2) is 0 Å². The van der Waals surface area contributed by atoms with Crippen LogP contribution in [-0.2, 0) is 12.8 Å². The molecule has 1 heterocycles. The predicted molar refractivity (Wildman–Crippen MR) is 109 cm³/mol. The summed E-state index contributed by atoms with van der Waals surface area (Å²) in [4.78, 5) is 16.5. The summed E-state index contributed by atoms with van der Waals surface area (Å²) >= 11 is 0. The van der Waals surface area contributed by atoms with Crippen LogP contribution in [0.5, 0.6) is 5.75 Å². The highest BCUT2D eigenvalue weighted by atomic mass is 19.1. The van der Waals surface area contributed by atoms with Crippen LogP contribution in [-0.4, -0.2) is 18.0 Å². The van der Waals surface area contributed by atoms with Crippen molar-refractivity contribution in [2.45, 2.75) is 26.7 Å². The summed E-state index contributed by atoms with van der Waals surface area (Å²) in [6.45, 7) is 4.26. The van der Waals surface area contributed by atoms with Gasteiger partial charge in [-0.3, -0.25) is 4.79 Å². The Balaban J connectivity index is 1.87. The Morgan fingerprint density at radius 2 is 1.79 bits per heavy atom. The van der Waals surface area contributed by atoms with E-state index in [-0.39, 0.29) is 5.56 Å². The minimum atomic E-state index is -0.565. The molecule has 0 saturated carbocycles. The van der Waals surface area contributed by atoms with E-state index in [4.69, 9.17) is 4.74 Å². The van der Waals surface area contributed by atoms with E-state index in [2.05, 4.69) is 36.3 Å². The Morgan fingerprint density at radius 3 is 2.39 bits per heavy atom. The number of nitrogens with one attached hydrogen (secondary N) is 1. The number of methoxy groups -OCH3 is 1. The van der Waals surface area contributed by atoms with Gasteiger partial charge in [-0.1, -0.05) is 26.0 Å². The first-order chi connectivity index (χ1) is 13.6. The number of aromatic nitrogens is 1. The lowest BCUT2D eigenvalue weighted by Crippen LogP contribution is -2.14. The lowest BCUT2D eigenvalue weighted by molar-refractivity contribution is 0.102. The van der Waals surface area contributed by atoms with Gasteiger partial charge in [0, 0.05) is 17.3 Å². The van der Waals surface area contributed by atoms with E-state index in [0.29, 0.717) is 5.82 Å². The number of anilines is 1.